The number of aliphatic hydroxyl groups is 2. The van der Waals surface area contributed by atoms with Gasteiger partial charge in [-0.3, -0.25) is 0 Å². The topological polar surface area (TPSA) is 89.6 Å². The molecule has 1 heterocycles. The molecule has 0 saturated carbocycles. The second-order valence-electron chi connectivity index (χ2n) is 8.88. The van der Waals surface area contributed by atoms with Crippen molar-refractivity contribution in [3.8, 4) is 11.5 Å². The normalized spacial score (nSPS) is 13.5. The Kier molecular flexibility index (Phi) is 9.58. The standard InChI is InChI=1S/C25H31ClIN3O4/c1-17(12-26)15-33-21-8-4-18(5-9-21)25(2,3)19-6-10-22(11-7-19)34-16-20(32)13-30-23(14-31)24(27)28-29-30/h4-11,17,20,31-32H,12-16H2,1-3H3/t17-,20+/m0/s1. The first-order valence-electron chi connectivity index (χ1n) is 11.1. The Morgan fingerprint density at radius 2 is 1.53 bits per heavy atom. The van der Waals surface area contributed by atoms with Crippen molar-refractivity contribution in [1.29, 1.82) is 0 Å². The van der Waals surface area contributed by atoms with Gasteiger partial charge in [-0.2, -0.15) is 0 Å². The van der Waals surface area contributed by atoms with Gasteiger partial charge in [-0.15, -0.1) is 16.7 Å². The molecule has 0 bridgehead atoms. The van der Waals surface area contributed by atoms with Crippen LogP contribution in [0.3, 0.4) is 0 Å². The molecule has 0 radical (unpaired) electrons. The van der Waals surface area contributed by atoms with Crippen molar-refractivity contribution < 1.29 is 19.7 Å². The summed E-state index contributed by atoms with van der Waals surface area (Å²) in [5, 5.41) is 27.6. The van der Waals surface area contributed by atoms with Gasteiger partial charge in [0.15, 0.2) is 0 Å². The van der Waals surface area contributed by atoms with E-state index < -0.39 is 6.10 Å². The minimum atomic E-state index is -0.785. The van der Waals surface area contributed by atoms with E-state index in [1.165, 1.54) is 10.2 Å². The summed E-state index contributed by atoms with van der Waals surface area (Å²) in [5.41, 5.74) is 2.70. The summed E-state index contributed by atoms with van der Waals surface area (Å²) in [7, 11) is 0. The molecule has 3 aromatic rings. The summed E-state index contributed by atoms with van der Waals surface area (Å²) >= 11 is 7.85. The summed E-state index contributed by atoms with van der Waals surface area (Å²) in [6.45, 7) is 7.13. The average Bonchev–Trinajstić information content (AvgIpc) is 3.20. The molecule has 0 unspecified atom stereocenters. The SMILES string of the molecule is C[C@@H](CCl)COc1ccc(C(C)(C)c2ccc(OC[C@H](O)Cn3nnc(I)c3CO)cc2)cc1. The highest BCUT2D eigenvalue weighted by Gasteiger charge is 2.23. The Labute approximate surface area is 219 Å². The van der Waals surface area contributed by atoms with Crippen molar-refractivity contribution in [3.63, 3.8) is 0 Å². The second-order valence-corrected chi connectivity index (χ2v) is 10.2. The van der Waals surface area contributed by atoms with Crippen molar-refractivity contribution in [2.24, 2.45) is 5.92 Å². The molecule has 3 rings (SSSR count). The van der Waals surface area contributed by atoms with Gasteiger partial charge in [0.25, 0.3) is 0 Å². The number of benzene rings is 2. The summed E-state index contributed by atoms with van der Waals surface area (Å²) in [4.78, 5) is 0. The van der Waals surface area contributed by atoms with Crippen LogP contribution < -0.4 is 9.47 Å². The van der Waals surface area contributed by atoms with Crippen molar-refractivity contribution in [3.05, 3.63) is 69.1 Å². The maximum absolute atomic E-state index is 10.3. The van der Waals surface area contributed by atoms with E-state index in [4.69, 9.17) is 21.1 Å². The van der Waals surface area contributed by atoms with Crippen LogP contribution in [0.4, 0.5) is 0 Å². The molecule has 0 aliphatic heterocycles. The number of aliphatic hydroxyl groups excluding tert-OH is 2. The Morgan fingerprint density at radius 3 is 2.03 bits per heavy atom. The van der Waals surface area contributed by atoms with E-state index in [9.17, 15) is 10.2 Å². The molecule has 2 N–H and O–H groups in total. The third kappa shape index (κ3) is 6.84. The fourth-order valence-electron chi connectivity index (χ4n) is 3.44. The number of rotatable bonds is 12. The Bertz CT molecular complexity index is 1040. The van der Waals surface area contributed by atoms with Gasteiger partial charge >= 0.3 is 0 Å². The largest absolute Gasteiger partial charge is 0.493 e. The number of hydrogen-bond acceptors (Lipinski definition) is 6. The summed E-state index contributed by atoms with van der Waals surface area (Å²) in [6.07, 6.45) is -0.785. The van der Waals surface area contributed by atoms with Crippen molar-refractivity contribution in [2.75, 3.05) is 19.1 Å². The molecule has 7 nitrogen and oxygen atoms in total. The lowest BCUT2D eigenvalue weighted by Gasteiger charge is -2.26. The Balaban J connectivity index is 1.57. The lowest BCUT2D eigenvalue weighted by atomic mass is 9.78. The van der Waals surface area contributed by atoms with Gasteiger partial charge in [0.2, 0.25) is 0 Å². The monoisotopic (exact) mass is 599 g/mol. The zero-order chi connectivity index (χ0) is 24.7. The Hall–Kier alpha value is -1.88. The summed E-state index contributed by atoms with van der Waals surface area (Å²) < 4.78 is 13.7. The van der Waals surface area contributed by atoms with Gasteiger partial charge in [-0.25, -0.2) is 4.68 Å². The second kappa shape index (κ2) is 12.2. The first kappa shape index (κ1) is 26.7. The molecule has 0 aliphatic carbocycles. The van der Waals surface area contributed by atoms with Crippen LogP contribution in [0.25, 0.3) is 0 Å². The van der Waals surface area contributed by atoms with Gasteiger partial charge in [0, 0.05) is 17.2 Å². The Morgan fingerprint density at radius 1 is 1.00 bits per heavy atom. The molecule has 0 fully saturated rings. The van der Waals surface area contributed by atoms with Crippen LogP contribution >= 0.6 is 34.2 Å². The van der Waals surface area contributed by atoms with Crippen molar-refractivity contribution in [2.45, 2.75) is 45.4 Å². The smallest absolute Gasteiger partial charge is 0.149 e. The quantitative estimate of drug-likeness (QED) is 0.237. The fourth-order valence-corrected chi connectivity index (χ4v) is 4.07. The molecular weight excluding hydrogens is 569 g/mol. The maximum atomic E-state index is 10.3. The number of nitrogens with zero attached hydrogens (tertiary/aromatic N) is 3. The predicted molar refractivity (Wildman–Crippen MR) is 141 cm³/mol. The maximum Gasteiger partial charge on any atom is 0.149 e. The number of halogens is 2. The predicted octanol–water partition coefficient (Wildman–Crippen LogP) is 4.39. The average molecular weight is 600 g/mol. The van der Waals surface area contributed by atoms with Gasteiger partial charge in [0.05, 0.1) is 25.5 Å². The van der Waals surface area contributed by atoms with Crippen LogP contribution in [0.1, 0.15) is 37.6 Å². The molecule has 0 spiro atoms. The first-order chi connectivity index (χ1) is 16.2. The van der Waals surface area contributed by atoms with E-state index in [1.807, 2.05) is 59.0 Å². The highest BCUT2D eigenvalue weighted by molar-refractivity contribution is 14.1. The first-order valence-corrected chi connectivity index (χ1v) is 12.7. The van der Waals surface area contributed by atoms with Crippen LogP contribution in [-0.2, 0) is 18.6 Å². The molecule has 0 saturated heterocycles. The van der Waals surface area contributed by atoms with Crippen LogP contribution in [-0.4, -0.2) is 50.4 Å². The van der Waals surface area contributed by atoms with Gasteiger partial charge in [-0.1, -0.05) is 50.3 Å². The van der Waals surface area contributed by atoms with E-state index in [2.05, 4.69) is 43.2 Å². The molecule has 0 aliphatic rings. The van der Waals surface area contributed by atoms with Crippen molar-refractivity contribution in [1.82, 2.24) is 15.0 Å². The molecule has 9 heteroatoms. The minimum absolute atomic E-state index is 0.105. The highest BCUT2D eigenvalue weighted by atomic mass is 127. The molecule has 2 aromatic carbocycles. The molecule has 184 valence electrons. The zero-order valence-electron chi connectivity index (χ0n) is 19.6. The third-order valence-electron chi connectivity index (χ3n) is 5.72. The van der Waals surface area contributed by atoms with Gasteiger partial charge < -0.3 is 19.7 Å². The number of aromatic nitrogens is 3. The number of alkyl halides is 1. The van der Waals surface area contributed by atoms with Crippen LogP contribution in [0, 0.1) is 9.62 Å². The number of hydrogen-bond donors (Lipinski definition) is 2. The molecule has 34 heavy (non-hydrogen) atoms. The van der Waals surface area contributed by atoms with E-state index in [0.717, 1.165) is 11.3 Å². The zero-order valence-corrected chi connectivity index (χ0v) is 22.5. The summed E-state index contributed by atoms with van der Waals surface area (Å²) in [6, 6.07) is 16.1. The lowest BCUT2D eigenvalue weighted by molar-refractivity contribution is 0.0866. The highest BCUT2D eigenvalue weighted by Crippen LogP contribution is 2.33. The lowest BCUT2D eigenvalue weighted by Crippen LogP contribution is -2.25. The fraction of sp³-hybridized carbons (Fsp3) is 0.440. The van der Waals surface area contributed by atoms with Crippen LogP contribution in [0.15, 0.2) is 48.5 Å². The molecule has 2 atom stereocenters. The number of ether oxygens (including phenoxy) is 2. The van der Waals surface area contributed by atoms with Gasteiger partial charge in [0.1, 0.15) is 27.9 Å². The van der Waals surface area contributed by atoms with E-state index >= 15 is 0 Å². The van der Waals surface area contributed by atoms with E-state index in [1.54, 1.807) is 0 Å². The van der Waals surface area contributed by atoms with Crippen LogP contribution in [0.5, 0.6) is 11.5 Å². The van der Waals surface area contributed by atoms with Gasteiger partial charge in [-0.05, 0) is 58.0 Å². The molecule has 0 amide bonds. The minimum Gasteiger partial charge on any atom is -0.493 e. The molecular formula is C25H31ClIN3O4. The molecule has 1 aromatic heterocycles. The summed E-state index contributed by atoms with van der Waals surface area (Å²) in [5.74, 6) is 2.40. The van der Waals surface area contributed by atoms with Crippen LogP contribution in [0.2, 0.25) is 0 Å². The van der Waals surface area contributed by atoms with E-state index in [0.29, 0.717) is 33.5 Å². The third-order valence-corrected chi connectivity index (χ3v) is 7.08. The van der Waals surface area contributed by atoms with Crippen molar-refractivity contribution >= 4 is 34.2 Å². The van der Waals surface area contributed by atoms with E-state index in [-0.39, 0.29) is 25.2 Å².